The zero-order chi connectivity index (χ0) is 19.8. The number of Topliss-reactive ketones (excluding diaryl/α,β-unsaturated/α-hetero) is 1. The Morgan fingerprint density at radius 1 is 1.00 bits per heavy atom. The molecule has 1 aliphatic carbocycles. The minimum Gasteiger partial charge on any atom is -0.497 e. The molecule has 29 heavy (non-hydrogen) atoms. The smallest absolute Gasteiger partial charge is 0.163 e. The van der Waals surface area contributed by atoms with E-state index in [1.807, 2.05) is 30.3 Å². The number of hydrogen-bond acceptors (Lipinski definition) is 5. The van der Waals surface area contributed by atoms with Gasteiger partial charge in [-0.3, -0.25) is 4.79 Å². The predicted molar refractivity (Wildman–Crippen MR) is 118 cm³/mol. The molecule has 2 aliphatic rings. The predicted octanol–water partition coefficient (Wildman–Crippen LogP) is 5.74. The van der Waals surface area contributed by atoms with Crippen LogP contribution in [0.4, 0.5) is 11.4 Å². The second-order valence-corrected chi connectivity index (χ2v) is 8.44. The van der Waals surface area contributed by atoms with Crippen molar-refractivity contribution in [2.75, 3.05) is 17.7 Å². The largest absolute Gasteiger partial charge is 0.497 e. The van der Waals surface area contributed by atoms with Crippen LogP contribution in [0.1, 0.15) is 35.2 Å². The Hall–Kier alpha value is -3.05. The summed E-state index contributed by atoms with van der Waals surface area (Å²) in [5.41, 5.74) is 4.88. The van der Waals surface area contributed by atoms with Crippen LogP contribution in [0.25, 0.3) is 0 Å². The standard InChI is InChI=1S/C24H22N2O2S/c1-28-17-7-4-6-15(12-17)24-23-20(25-18-8-2-3-9-19(18)26-24)13-16(14-21(23)27)22-10-5-11-29-22/h2-12,16,24-26H,13-14H2,1H3/t16-,24+/m1/s1. The summed E-state index contributed by atoms with van der Waals surface area (Å²) in [5, 5.41) is 9.28. The summed E-state index contributed by atoms with van der Waals surface area (Å²) in [6.07, 6.45) is 1.37. The maximum atomic E-state index is 13.4. The van der Waals surface area contributed by atoms with Gasteiger partial charge in [0.25, 0.3) is 0 Å². The average Bonchev–Trinajstić information content (AvgIpc) is 3.23. The molecule has 2 heterocycles. The molecule has 1 aromatic heterocycles. The molecule has 4 nitrogen and oxygen atoms in total. The monoisotopic (exact) mass is 402 g/mol. The van der Waals surface area contributed by atoms with Gasteiger partial charge in [-0.2, -0.15) is 0 Å². The second kappa shape index (κ2) is 7.41. The number of rotatable bonds is 3. The topological polar surface area (TPSA) is 50.4 Å². The second-order valence-electron chi connectivity index (χ2n) is 7.46. The van der Waals surface area contributed by atoms with Crippen molar-refractivity contribution in [3.05, 3.63) is 87.8 Å². The third-order valence-electron chi connectivity index (χ3n) is 5.68. The molecule has 0 unspecified atom stereocenters. The van der Waals surface area contributed by atoms with Gasteiger partial charge in [0, 0.05) is 28.5 Å². The molecule has 2 aromatic carbocycles. The highest BCUT2D eigenvalue weighted by Crippen LogP contribution is 2.45. The Kier molecular flexibility index (Phi) is 4.60. The minimum atomic E-state index is -0.215. The fourth-order valence-electron chi connectivity index (χ4n) is 4.29. The normalized spacial score (nSPS) is 20.8. The fourth-order valence-corrected chi connectivity index (χ4v) is 5.12. The number of hydrogen-bond donors (Lipinski definition) is 2. The van der Waals surface area contributed by atoms with E-state index in [1.54, 1.807) is 18.4 Å². The number of methoxy groups -OCH3 is 1. The molecule has 0 spiro atoms. The van der Waals surface area contributed by atoms with Crippen molar-refractivity contribution >= 4 is 28.5 Å². The lowest BCUT2D eigenvalue weighted by molar-refractivity contribution is -0.116. The highest BCUT2D eigenvalue weighted by atomic mass is 32.1. The van der Waals surface area contributed by atoms with Gasteiger partial charge >= 0.3 is 0 Å². The molecular weight excluding hydrogens is 380 g/mol. The number of thiophene rings is 1. The van der Waals surface area contributed by atoms with Crippen LogP contribution in [0.15, 0.2) is 77.3 Å². The number of nitrogens with one attached hydrogen (secondary N) is 2. The maximum absolute atomic E-state index is 13.4. The summed E-state index contributed by atoms with van der Waals surface area (Å²) in [4.78, 5) is 14.7. The summed E-state index contributed by atoms with van der Waals surface area (Å²) in [5.74, 6) is 1.21. The molecule has 0 fully saturated rings. The van der Waals surface area contributed by atoms with E-state index in [4.69, 9.17) is 4.74 Å². The molecule has 5 rings (SSSR count). The van der Waals surface area contributed by atoms with Gasteiger partial charge in [0.15, 0.2) is 5.78 Å². The van der Waals surface area contributed by atoms with Crippen LogP contribution in [0, 0.1) is 0 Å². The first-order valence-electron chi connectivity index (χ1n) is 9.79. The van der Waals surface area contributed by atoms with E-state index in [1.165, 1.54) is 4.88 Å². The summed E-state index contributed by atoms with van der Waals surface area (Å²) < 4.78 is 5.43. The molecule has 2 atom stereocenters. The lowest BCUT2D eigenvalue weighted by Gasteiger charge is -2.29. The Bertz CT molecular complexity index is 1090. The average molecular weight is 403 g/mol. The van der Waals surface area contributed by atoms with Crippen molar-refractivity contribution in [3.63, 3.8) is 0 Å². The first kappa shape index (κ1) is 18.0. The third kappa shape index (κ3) is 3.32. The molecule has 0 radical (unpaired) electrons. The zero-order valence-electron chi connectivity index (χ0n) is 16.1. The van der Waals surface area contributed by atoms with Crippen LogP contribution >= 0.6 is 11.3 Å². The van der Waals surface area contributed by atoms with E-state index in [-0.39, 0.29) is 17.7 Å². The molecule has 2 N–H and O–H groups in total. The van der Waals surface area contributed by atoms with Crippen molar-refractivity contribution in [3.8, 4) is 5.75 Å². The number of fused-ring (bicyclic) bond motifs is 1. The highest BCUT2D eigenvalue weighted by molar-refractivity contribution is 7.10. The van der Waals surface area contributed by atoms with Gasteiger partial charge in [-0.15, -0.1) is 11.3 Å². The number of ketones is 1. The number of carbonyl (C=O) groups excluding carboxylic acids is 1. The van der Waals surface area contributed by atoms with Gasteiger partial charge in [-0.05, 0) is 47.7 Å². The molecule has 0 amide bonds. The molecule has 0 saturated carbocycles. The Balaban J connectivity index is 1.63. The van der Waals surface area contributed by atoms with E-state index in [0.717, 1.165) is 40.4 Å². The summed E-state index contributed by atoms with van der Waals surface area (Å²) in [7, 11) is 1.67. The molecular formula is C24H22N2O2S. The highest BCUT2D eigenvalue weighted by Gasteiger charge is 2.36. The van der Waals surface area contributed by atoms with Gasteiger partial charge in [0.2, 0.25) is 0 Å². The van der Waals surface area contributed by atoms with E-state index in [0.29, 0.717) is 6.42 Å². The van der Waals surface area contributed by atoms with Crippen LogP contribution in [0.2, 0.25) is 0 Å². The Morgan fingerprint density at radius 3 is 2.66 bits per heavy atom. The molecule has 5 heteroatoms. The van der Waals surface area contributed by atoms with Crippen LogP contribution in [0.5, 0.6) is 5.75 Å². The molecule has 1 aliphatic heterocycles. The van der Waals surface area contributed by atoms with Crippen LogP contribution in [0.3, 0.4) is 0 Å². The van der Waals surface area contributed by atoms with Crippen LogP contribution in [-0.4, -0.2) is 12.9 Å². The zero-order valence-corrected chi connectivity index (χ0v) is 17.0. The van der Waals surface area contributed by atoms with Crippen molar-refractivity contribution in [2.45, 2.75) is 24.8 Å². The summed E-state index contributed by atoms with van der Waals surface area (Å²) >= 11 is 1.73. The van der Waals surface area contributed by atoms with E-state index in [2.05, 4.69) is 46.3 Å². The first-order chi connectivity index (χ1) is 14.2. The molecule has 3 aromatic rings. The molecule has 146 valence electrons. The number of para-hydroxylation sites is 2. The summed E-state index contributed by atoms with van der Waals surface area (Å²) in [6, 6.07) is 20.1. The van der Waals surface area contributed by atoms with Gasteiger partial charge in [0.1, 0.15) is 5.75 Å². The van der Waals surface area contributed by atoms with Crippen molar-refractivity contribution in [1.82, 2.24) is 0 Å². The quantitative estimate of drug-likeness (QED) is 0.587. The van der Waals surface area contributed by atoms with Gasteiger partial charge in [-0.25, -0.2) is 0 Å². The number of anilines is 2. The van der Waals surface area contributed by atoms with Gasteiger partial charge < -0.3 is 15.4 Å². The van der Waals surface area contributed by atoms with Crippen LogP contribution in [-0.2, 0) is 4.79 Å². The van der Waals surface area contributed by atoms with E-state index >= 15 is 0 Å². The Labute approximate surface area is 174 Å². The SMILES string of the molecule is COc1cccc([C@@H]2Nc3ccccc3NC3=C2C(=O)C[C@H](c2cccs2)C3)c1. The van der Waals surface area contributed by atoms with E-state index < -0.39 is 0 Å². The van der Waals surface area contributed by atoms with Crippen molar-refractivity contribution in [2.24, 2.45) is 0 Å². The number of ether oxygens (including phenoxy) is 1. The number of carbonyl (C=O) groups is 1. The lowest BCUT2D eigenvalue weighted by atomic mass is 9.81. The third-order valence-corrected chi connectivity index (χ3v) is 6.72. The van der Waals surface area contributed by atoms with Gasteiger partial charge in [0.05, 0.1) is 24.5 Å². The molecule has 0 bridgehead atoms. The maximum Gasteiger partial charge on any atom is 0.163 e. The lowest BCUT2D eigenvalue weighted by Crippen LogP contribution is -2.26. The van der Waals surface area contributed by atoms with Crippen LogP contribution < -0.4 is 15.4 Å². The van der Waals surface area contributed by atoms with E-state index in [9.17, 15) is 4.79 Å². The number of allylic oxidation sites excluding steroid dienone is 1. The van der Waals surface area contributed by atoms with Crippen molar-refractivity contribution in [1.29, 1.82) is 0 Å². The minimum absolute atomic E-state index is 0.199. The first-order valence-corrected chi connectivity index (χ1v) is 10.7. The number of benzene rings is 2. The molecule has 0 saturated heterocycles. The Morgan fingerprint density at radius 2 is 1.86 bits per heavy atom. The van der Waals surface area contributed by atoms with Crippen molar-refractivity contribution < 1.29 is 9.53 Å². The fraction of sp³-hybridized carbons (Fsp3) is 0.208. The van der Waals surface area contributed by atoms with Gasteiger partial charge in [-0.1, -0.05) is 30.3 Å². The summed E-state index contributed by atoms with van der Waals surface area (Å²) in [6.45, 7) is 0.